The second kappa shape index (κ2) is 2.74. The number of ketones is 1. The first-order valence-corrected chi connectivity index (χ1v) is 4.22. The van der Waals surface area contributed by atoms with Crippen molar-refractivity contribution in [1.29, 1.82) is 0 Å². The van der Waals surface area contributed by atoms with Gasteiger partial charge < -0.3 is 0 Å². The average molecular weight is 159 g/mol. The molecule has 1 heteroatoms. The fourth-order valence-corrected chi connectivity index (χ4v) is 1.89. The minimum atomic E-state index is 0.0555. The molecule has 1 aromatic rings. The van der Waals surface area contributed by atoms with Gasteiger partial charge in [0.05, 0.1) is 0 Å². The van der Waals surface area contributed by atoms with E-state index >= 15 is 0 Å². The van der Waals surface area contributed by atoms with Crippen LogP contribution in [0.1, 0.15) is 23.5 Å². The molecule has 0 saturated heterocycles. The summed E-state index contributed by atoms with van der Waals surface area (Å²) in [6.45, 7) is 3.48. The lowest BCUT2D eigenvalue weighted by Gasteiger charge is -2.05. The third kappa shape index (κ3) is 1.06. The van der Waals surface area contributed by atoms with Crippen LogP contribution < -0.4 is 0 Å². The molecule has 0 spiro atoms. The summed E-state index contributed by atoms with van der Waals surface area (Å²) in [6.07, 6.45) is 1.98. The molecular formula is C11H11O. The zero-order valence-corrected chi connectivity index (χ0v) is 6.92. The van der Waals surface area contributed by atoms with Crippen LogP contribution in [-0.2, 0) is 11.2 Å². The fraction of sp³-hybridized carbons (Fsp3) is 0.273. The maximum absolute atomic E-state index is 11.1. The largest absolute Gasteiger partial charge is 0.299 e. The maximum Gasteiger partial charge on any atom is 0.140 e. The summed E-state index contributed by atoms with van der Waals surface area (Å²) in [4.78, 5) is 11.1. The third-order valence-electron chi connectivity index (χ3n) is 2.52. The number of hydrogen-bond acceptors (Lipinski definition) is 1. The quantitative estimate of drug-likeness (QED) is 0.613. The average Bonchev–Trinajstić information content (AvgIpc) is 2.47. The number of hydrogen-bond donors (Lipinski definition) is 0. The van der Waals surface area contributed by atoms with Crippen LogP contribution >= 0.6 is 0 Å². The molecule has 1 aliphatic carbocycles. The van der Waals surface area contributed by atoms with Crippen LogP contribution in [-0.4, -0.2) is 5.78 Å². The molecule has 1 unspecified atom stereocenters. The van der Waals surface area contributed by atoms with Crippen molar-refractivity contribution in [3.05, 3.63) is 42.3 Å². The molecule has 12 heavy (non-hydrogen) atoms. The van der Waals surface area contributed by atoms with Gasteiger partial charge in [0, 0.05) is 12.8 Å². The van der Waals surface area contributed by atoms with Gasteiger partial charge in [0.1, 0.15) is 5.78 Å². The summed E-state index contributed by atoms with van der Waals surface area (Å²) < 4.78 is 0. The summed E-state index contributed by atoms with van der Waals surface area (Å²) >= 11 is 0. The lowest BCUT2D eigenvalue weighted by atomic mass is 9.98. The van der Waals surface area contributed by atoms with E-state index in [1.54, 1.807) is 0 Å². The first kappa shape index (κ1) is 7.53. The predicted octanol–water partition coefficient (Wildman–Crippen LogP) is 2.12. The molecule has 0 saturated carbocycles. The van der Waals surface area contributed by atoms with E-state index in [4.69, 9.17) is 0 Å². The summed E-state index contributed by atoms with van der Waals surface area (Å²) in [5.74, 6) is 0.126. The van der Waals surface area contributed by atoms with E-state index in [-0.39, 0.29) is 11.7 Å². The van der Waals surface area contributed by atoms with Crippen LogP contribution in [0.3, 0.4) is 0 Å². The molecule has 1 radical (unpaired) electrons. The van der Waals surface area contributed by atoms with Crippen LogP contribution in [0.2, 0.25) is 0 Å². The van der Waals surface area contributed by atoms with Gasteiger partial charge in [-0.15, -0.1) is 0 Å². The molecule has 2 rings (SSSR count). The van der Waals surface area contributed by atoms with Gasteiger partial charge in [0.15, 0.2) is 0 Å². The molecule has 0 N–H and O–H groups in total. The number of rotatable bonds is 1. The molecule has 0 heterocycles. The zero-order valence-electron chi connectivity index (χ0n) is 6.92. The van der Waals surface area contributed by atoms with Crippen LogP contribution in [0.15, 0.2) is 24.3 Å². The lowest BCUT2D eigenvalue weighted by Crippen LogP contribution is -2.04. The van der Waals surface area contributed by atoms with Crippen molar-refractivity contribution in [2.24, 2.45) is 0 Å². The van der Waals surface area contributed by atoms with Crippen molar-refractivity contribution in [2.45, 2.75) is 18.8 Å². The lowest BCUT2D eigenvalue weighted by molar-refractivity contribution is -0.116. The monoisotopic (exact) mass is 159 g/mol. The van der Waals surface area contributed by atoms with Gasteiger partial charge >= 0.3 is 0 Å². The highest BCUT2D eigenvalue weighted by molar-refractivity contribution is 5.90. The highest BCUT2D eigenvalue weighted by atomic mass is 16.1. The fourth-order valence-electron chi connectivity index (χ4n) is 1.89. The van der Waals surface area contributed by atoms with Crippen molar-refractivity contribution in [2.75, 3.05) is 0 Å². The molecule has 1 nitrogen and oxygen atoms in total. The second-order valence-corrected chi connectivity index (χ2v) is 3.26. The van der Waals surface area contributed by atoms with Gasteiger partial charge in [0.25, 0.3) is 0 Å². The Balaban J connectivity index is 2.42. The van der Waals surface area contributed by atoms with Crippen LogP contribution in [0.25, 0.3) is 0 Å². The highest BCUT2D eigenvalue weighted by Gasteiger charge is 2.24. The Kier molecular flexibility index (Phi) is 1.72. The second-order valence-electron chi connectivity index (χ2n) is 3.26. The number of Topliss-reactive ketones (excluding diaryl/α,β-unsaturated/α-hetero) is 1. The molecule has 0 aromatic heterocycles. The maximum atomic E-state index is 11.1. The van der Waals surface area contributed by atoms with E-state index < -0.39 is 0 Å². The minimum Gasteiger partial charge on any atom is -0.299 e. The third-order valence-corrected chi connectivity index (χ3v) is 2.52. The van der Waals surface area contributed by atoms with Crippen molar-refractivity contribution >= 4 is 5.78 Å². The number of aryl methyl sites for hydroxylation is 1. The normalized spacial score (nSPS) is 20.6. The van der Waals surface area contributed by atoms with E-state index in [0.29, 0.717) is 0 Å². The van der Waals surface area contributed by atoms with Crippen LogP contribution in [0.4, 0.5) is 0 Å². The van der Waals surface area contributed by atoms with Crippen LogP contribution in [0, 0.1) is 6.92 Å². The van der Waals surface area contributed by atoms with E-state index in [2.05, 4.69) is 13.0 Å². The first-order chi connectivity index (χ1) is 5.79. The molecule has 1 aromatic carbocycles. The van der Waals surface area contributed by atoms with E-state index in [9.17, 15) is 4.79 Å². The van der Waals surface area contributed by atoms with Crippen molar-refractivity contribution < 1.29 is 4.79 Å². The van der Waals surface area contributed by atoms with Crippen molar-refractivity contribution in [3.8, 4) is 0 Å². The standard InChI is InChI=1S/C11H11O/c1-8(12)10-7-6-9-4-2-3-5-11(9)10/h2-5,10H,1,6-7H2. The summed E-state index contributed by atoms with van der Waals surface area (Å²) in [5.41, 5.74) is 2.51. The molecule has 0 fully saturated rings. The van der Waals surface area contributed by atoms with Gasteiger partial charge in [0.2, 0.25) is 0 Å². The Morgan fingerprint density at radius 3 is 2.92 bits per heavy atom. The SMILES string of the molecule is [CH2]C(=O)C1CCc2ccccc21. The molecule has 1 aliphatic rings. The van der Waals surface area contributed by atoms with Gasteiger partial charge in [-0.05, 0) is 24.0 Å². The molecule has 61 valence electrons. The Morgan fingerprint density at radius 2 is 2.17 bits per heavy atom. The molecular weight excluding hydrogens is 148 g/mol. The van der Waals surface area contributed by atoms with Gasteiger partial charge in [-0.25, -0.2) is 0 Å². The molecule has 0 aliphatic heterocycles. The number of benzene rings is 1. The highest BCUT2D eigenvalue weighted by Crippen LogP contribution is 2.32. The summed E-state index contributed by atoms with van der Waals surface area (Å²) in [5, 5.41) is 0. The van der Waals surface area contributed by atoms with Gasteiger partial charge in [-0.3, -0.25) is 4.79 Å². The van der Waals surface area contributed by atoms with E-state index in [0.717, 1.165) is 12.8 Å². The Morgan fingerprint density at radius 1 is 1.42 bits per heavy atom. The first-order valence-electron chi connectivity index (χ1n) is 4.22. The smallest absolute Gasteiger partial charge is 0.140 e. The Bertz CT molecular complexity index is 315. The number of carbonyl (C=O) groups excluding carboxylic acids is 1. The van der Waals surface area contributed by atoms with Crippen molar-refractivity contribution in [3.63, 3.8) is 0 Å². The predicted molar refractivity (Wildman–Crippen MR) is 47.9 cm³/mol. The summed E-state index contributed by atoms with van der Waals surface area (Å²) in [7, 11) is 0. The molecule has 1 atom stereocenters. The Labute approximate surface area is 72.4 Å². The van der Waals surface area contributed by atoms with E-state index in [1.165, 1.54) is 11.1 Å². The van der Waals surface area contributed by atoms with Crippen LogP contribution in [0.5, 0.6) is 0 Å². The molecule has 0 bridgehead atoms. The van der Waals surface area contributed by atoms with Gasteiger partial charge in [-0.1, -0.05) is 24.3 Å². The Hall–Kier alpha value is -1.11. The minimum absolute atomic E-state index is 0.0555. The van der Waals surface area contributed by atoms with Gasteiger partial charge in [-0.2, -0.15) is 0 Å². The number of fused-ring (bicyclic) bond motifs is 1. The van der Waals surface area contributed by atoms with Crippen molar-refractivity contribution in [1.82, 2.24) is 0 Å². The summed E-state index contributed by atoms with van der Waals surface area (Å²) in [6, 6.07) is 8.14. The topological polar surface area (TPSA) is 17.1 Å². The number of carbonyl (C=O) groups is 1. The van der Waals surface area contributed by atoms with E-state index in [1.807, 2.05) is 18.2 Å². The molecule has 0 amide bonds. The zero-order chi connectivity index (χ0) is 8.55.